The van der Waals surface area contributed by atoms with Gasteiger partial charge < -0.3 is 20.3 Å². The van der Waals surface area contributed by atoms with Crippen LogP contribution in [0.3, 0.4) is 0 Å². The number of urea groups is 1. The number of carbonyl (C=O) groups excluding carboxylic acids is 4. The van der Waals surface area contributed by atoms with Gasteiger partial charge in [0.05, 0.1) is 0 Å². The number of carbonyl (C=O) groups is 4. The van der Waals surface area contributed by atoms with Crippen LogP contribution < -0.4 is 10.6 Å². The number of hydrogen-bond donors (Lipinski definition) is 2. The quantitative estimate of drug-likeness (QED) is 0.614. The number of aryl methyl sites for hydroxylation is 1. The molecule has 2 aliphatic carbocycles. The molecule has 2 fully saturated rings. The molecule has 5 rings (SSSR count). The second-order valence-corrected chi connectivity index (χ2v) is 9.62. The summed E-state index contributed by atoms with van der Waals surface area (Å²) in [6.07, 6.45) is 5.49. The summed E-state index contributed by atoms with van der Waals surface area (Å²) in [4.78, 5) is 58.3. The Morgan fingerprint density at radius 3 is 2.78 bits per heavy atom. The van der Waals surface area contributed by atoms with Crippen LogP contribution in [0.4, 0.5) is 15.3 Å². The number of ether oxygens (including phenoxy) is 1. The summed E-state index contributed by atoms with van der Waals surface area (Å²) in [5, 5.41) is 5.19. The molecule has 1 spiro atoms. The number of fused-ring (bicyclic) bond motifs is 2. The fraction of sp³-hybridized carbons (Fsp3) is 0.423. The van der Waals surface area contributed by atoms with E-state index in [0.717, 1.165) is 28.9 Å². The second kappa shape index (κ2) is 9.25. The van der Waals surface area contributed by atoms with E-state index in [1.54, 1.807) is 35.5 Å². The monoisotopic (exact) mass is 491 g/mol. The highest BCUT2D eigenvalue weighted by Crippen LogP contribution is 2.46. The lowest BCUT2D eigenvalue weighted by molar-refractivity contribution is -0.143. The molecular formula is C26H29N5O5. The molecule has 2 atom stereocenters. The van der Waals surface area contributed by atoms with Crippen LogP contribution in [0.2, 0.25) is 0 Å². The molecule has 1 aromatic heterocycles. The van der Waals surface area contributed by atoms with Gasteiger partial charge in [0, 0.05) is 49.7 Å². The van der Waals surface area contributed by atoms with E-state index in [2.05, 4.69) is 15.6 Å². The normalized spacial score (nSPS) is 21.2. The molecule has 10 heteroatoms. The van der Waals surface area contributed by atoms with Gasteiger partial charge in [0.25, 0.3) is 5.91 Å². The van der Waals surface area contributed by atoms with E-state index in [4.69, 9.17) is 4.74 Å². The van der Waals surface area contributed by atoms with Crippen LogP contribution in [-0.4, -0.2) is 58.4 Å². The van der Waals surface area contributed by atoms with Crippen molar-refractivity contribution in [3.05, 3.63) is 59.4 Å². The van der Waals surface area contributed by atoms with Crippen molar-refractivity contribution in [1.82, 2.24) is 20.1 Å². The van der Waals surface area contributed by atoms with Crippen molar-refractivity contribution < 1.29 is 23.9 Å². The number of nitrogens with zero attached hydrogens (tertiary/aromatic N) is 3. The standard InChI is InChI=1S/C26H29N5O5/c1-16(18-5-6-18)30(14-17-4-3-11-28-13-17)22(32)15-31-23(33)26(36-25(31)35)10-9-19-12-20(7-8-21(19)26)29-24(34)27-2/h3-4,7-8,11-13,16,18H,5-6,9-10,14-15H2,1-2H3,(H2,27,29,34)/t16?,26-/m1/s1. The van der Waals surface area contributed by atoms with E-state index in [0.29, 0.717) is 36.6 Å². The van der Waals surface area contributed by atoms with Gasteiger partial charge >= 0.3 is 12.1 Å². The molecule has 2 aromatic rings. The summed E-state index contributed by atoms with van der Waals surface area (Å²) in [6.45, 7) is 1.99. The summed E-state index contributed by atoms with van der Waals surface area (Å²) < 4.78 is 5.68. The maximum Gasteiger partial charge on any atom is 0.418 e. The zero-order valence-electron chi connectivity index (χ0n) is 20.3. The molecule has 2 N–H and O–H groups in total. The van der Waals surface area contributed by atoms with Gasteiger partial charge in [0.1, 0.15) is 6.54 Å². The lowest BCUT2D eigenvalue weighted by atomic mass is 9.94. The van der Waals surface area contributed by atoms with Crippen molar-refractivity contribution in [2.24, 2.45) is 5.92 Å². The van der Waals surface area contributed by atoms with Gasteiger partial charge in [-0.05, 0) is 61.4 Å². The Kier molecular flexibility index (Phi) is 6.11. The van der Waals surface area contributed by atoms with Crippen LogP contribution in [0.1, 0.15) is 42.9 Å². The van der Waals surface area contributed by atoms with Crippen LogP contribution in [0.25, 0.3) is 0 Å². The fourth-order valence-corrected chi connectivity index (χ4v) is 5.13. The molecule has 1 aromatic carbocycles. The zero-order chi connectivity index (χ0) is 25.4. The van der Waals surface area contributed by atoms with Crippen molar-refractivity contribution in [3.63, 3.8) is 0 Å². The minimum atomic E-state index is -1.44. The first-order valence-corrected chi connectivity index (χ1v) is 12.2. The molecule has 0 bridgehead atoms. The minimum Gasteiger partial charge on any atom is -0.427 e. The molecule has 3 aliphatic rings. The predicted octanol–water partition coefficient (Wildman–Crippen LogP) is 2.78. The molecule has 5 amide bonds. The molecule has 0 radical (unpaired) electrons. The lowest BCUT2D eigenvalue weighted by Gasteiger charge is -2.30. The number of rotatable bonds is 7. The number of nitrogens with one attached hydrogen (secondary N) is 2. The smallest absolute Gasteiger partial charge is 0.418 e. The van der Waals surface area contributed by atoms with E-state index in [-0.39, 0.29) is 24.5 Å². The third-order valence-electron chi connectivity index (χ3n) is 7.33. The van der Waals surface area contributed by atoms with Gasteiger partial charge in [-0.15, -0.1) is 0 Å². The third-order valence-corrected chi connectivity index (χ3v) is 7.33. The topological polar surface area (TPSA) is 121 Å². The van der Waals surface area contributed by atoms with E-state index in [1.807, 2.05) is 19.1 Å². The van der Waals surface area contributed by atoms with Gasteiger partial charge in [0.2, 0.25) is 11.5 Å². The SMILES string of the molecule is CNC(=O)Nc1ccc2c(c1)CC[C@@]21OC(=O)N(CC(=O)N(Cc2cccnc2)C(C)C2CC2)C1=O. The maximum absolute atomic E-state index is 13.6. The summed E-state index contributed by atoms with van der Waals surface area (Å²) in [7, 11) is 1.52. The average molecular weight is 492 g/mol. The summed E-state index contributed by atoms with van der Waals surface area (Å²) in [6, 6.07) is 8.50. The summed E-state index contributed by atoms with van der Waals surface area (Å²) in [5.74, 6) is -0.409. The van der Waals surface area contributed by atoms with Gasteiger partial charge in [-0.1, -0.05) is 12.1 Å². The molecular weight excluding hydrogens is 462 g/mol. The number of imide groups is 1. The van der Waals surface area contributed by atoms with E-state index in [1.165, 1.54) is 7.05 Å². The molecule has 36 heavy (non-hydrogen) atoms. The van der Waals surface area contributed by atoms with Gasteiger partial charge in [-0.2, -0.15) is 0 Å². The maximum atomic E-state index is 13.6. The van der Waals surface area contributed by atoms with Crippen LogP contribution in [0, 0.1) is 5.92 Å². The first-order valence-electron chi connectivity index (χ1n) is 12.2. The molecule has 2 heterocycles. The molecule has 10 nitrogen and oxygen atoms in total. The average Bonchev–Trinajstić information content (AvgIpc) is 3.63. The lowest BCUT2D eigenvalue weighted by Crippen LogP contribution is -2.47. The summed E-state index contributed by atoms with van der Waals surface area (Å²) >= 11 is 0. The first kappa shape index (κ1) is 23.8. The number of aromatic nitrogens is 1. The van der Waals surface area contributed by atoms with Crippen LogP contribution >= 0.6 is 0 Å². The number of benzene rings is 1. The van der Waals surface area contributed by atoms with Gasteiger partial charge in [0.15, 0.2) is 0 Å². The zero-order valence-corrected chi connectivity index (χ0v) is 20.3. The molecule has 1 saturated carbocycles. The molecule has 1 unspecified atom stereocenters. The highest BCUT2D eigenvalue weighted by Gasteiger charge is 2.58. The molecule has 1 aliphatic heterocycles. The van der Waals surface area contributed by atoms with Gasteiger partial charge in [-0.25, -0.2) is 14.5 Å². The highest BCUT2D eigenvalue weighted by atomic mass is 16.6. The molecule has 1 saturated heterocycles. The van der Waals surface area contributed by atoms with Crippen molar-refractivity contribution in [2.45, 2.75) is 50.8 Å². The Bertz CT molecular complexity index is 1210. The summed E-state index contributed by atoms with van der Waals surface area (Å²) in [5.41, 5.74) is 1.44. The van der Waals surface area contributed by atoms with Crippen molar-refractivity contribution in [2.75, 3.05) is 18.9 Å². The fourth-order valence-electron chi connectivity index (χ4n) is 5.13. The third kappa shape index (κ3) is 4.27. The molecule has 188 valence electrons. The Balaban J connectivity index is 1.35. The van der Waals surface area contributed by atoms with Crippen molar-refractivity contribution in [3.8, 4) is 0 Å². The van der Waals surface area contributed by atoms with Crippen LogP contribution in [0.5, 0.6) is 0 Å². The number of anilines is 1. The predicted molar refractivity (Wildman–Crippen MR) is 130 cm³/mol. The number of pyridine rings is 1. The second-order valence-electron chi connectivity index (χ2n) is 9.62. The Labute approximate surface area is 209 Å². The van der Waals surface area contributed by atoms with Crippen LogP contribution in [-0.2, 0) is 32.9 Å². The number of hydrogen-bond acceptors (Lipinski definition) is 6. The van der Waals surface area contributed by atoms with Gasteiger partial charge in [-0.3, -0.25) is 14.6 Å². The highest BCUT2D eigenvalue weighted by molar-refractivity contribution is 6.06. The van der Waals surface area contributed by atoms with E-state index >= 15 is 0 Å². The van der Waals surface area contributed by atoms with E-state index < -0.39 is 17.6 Å². The Hall–Kier alpha value is -3.95. The Morgan fingerprint density at radius 2 is 2.08 bits per heavy atom. The number of amides is 5. The van der Waals surface area contributed by atoms with E-state index in [9.17, 15) is 19.2 Å². The largest absolute Gasteiger partial charge is 0.427 e. The Morgan fingerprint density at radius 1 is 1.28 bits per heavy atom. The van der Waals surface area contributed by atoms with Crippen molar-refractivity contribution in [1.29, 1.82) is 0 Å². The van der Waals surface area contributed by atoms with Crippen molar-refractivity contribution >= 4 is 29.6 Å². The first-order chi connectivity index (χ1) is 17.3. The minimum absolute atomic E-state index is 0.0150. The van der Waals surface area contributed by atoms with Crippen LogP contribution in [0.15, 0.2) is 42.7 Å².